The van der Waals surface area contributed by atoms with Crippen LogP contribution in [0, 0.1) is 5.92 Å². The molecule has 1 amide bonds. The van der Waals surface area contributed by atoms with Gasteiger partial charge in [-0.25, -0.2) is 0 Å². The number of hydrogen-bond donors (Lipinski definition) is 1. The van der Waals surface area contributed by atoms with Crippen LogP contribution < -0.4 is 5.32 Å². The monoisotopic (exact) mass is 399 g/mol. The van der Waals surface area contributed by atoms with Crippen molar-refractivity contribution >= 4 is 32.7 Å². The summed E-state index contributed by atoms with van der Waals surface area (Å²) in [6.07, 6.45) is 0.151. The normalized spacial score (nSPS) is 12.6. The molecule has 0 aliphatic heterocycles. The Morgan fingerprint density at radius 1 is 1.25 bits per heavy atom. The van der Waals surface area contributed by atoms with Crippen LogP contribution in [0.2, 0.25) is 0 Å². The minimum absolute atomic E-state index is 0.0891. The fourth-order valence-electron chi connectivity index (χ4n) is 1.92. The zero-order valence-corrected chi connectivity index (χ0v) is 15.9. The van der Waals surface area contributed by atoms with Crippen LogP contribution in [0.25, 0.3) is 0 Å². The van der Waals surface area contributed by atoms with E-state index in [4.69, 9.17) is 4.74 Å². The third kappa shape index (κ3) is 8.13. The third-order valence-electron chi connectivity index (χ3n) is 3.10. The number of amides is 1. The summed E-state index contributed by atoms with van der Waals surface area (Å²) < 4.78 is 10.3. The summed E-state index contributed by atoms with van der Waals surface area (Å²) in [7, 11) is 1.31. The molecule has 0 spiro atoms. The number of carbonyl (C=O) groups is 2. The Balaban J connectivity index is 2.60. The Bertz CT molecular complexity index is 561. The minimum atomic E-state index is -0.523. The van der Waals surface area contributed by atoms with E-state index in [-0.39, 0.29) is 19.2 Å². The number of nitrogens with zero attached hydrogens (tertiary/aromatic N) is 1. The first-order chi connectivity index (χ1) is 11.4. The number of rotatable bonds is 8. The standard InChI is InChI=1S/C17H23N2O4Se/c1-12(2)9-14(16(24)18-10-15(20)22-3)19-17(21)23-11-13-7-5-4-6-8-13/h4-8,12,14H,9-11H2,1-3H3,(H,19,21)/t14-/m0/s1. The van der Waals surface area contributed by atoms with Crippen LogP contribution in [-0.4, -0.2) is 52.4 Å². The summed E-state index contributed by atoms with van der Waals surface area (Å²) in [5.74, 6) is -0.0983. The van der Waals surface area contributed by atoms with Crippen LogP contribution in [-0.2, 0) is 20.9 Å². The third-order valence-corrected chi connectivity index (χ3v) is 3.97. The van der Waals surface area contributed by atoms with Crippen LogP contribution in [0.4, 0.5) is 4.79 Å². The molecule has 7 heteroatoms. The van der Waals surface area contributed by atoms with Crippen LogP contribution in [0.5, 0.6) is 0 Å². The van der Waals surface area contributed by atoms with Gasteiger partial charge in [0.1, 0.15) is 0 Å². The molecule has 0 aliphatic carbocycles. The Kier molecular flexibility index (Phi) is 9.12. The van der Waals surface area contributed by atoms with Crippen LogP contribution in [0.1, 0.15) is 25.8 Å². The molecular formula is C17H23N2O4Se. The fourth-order valence-corrected chi connectivity index (χ4v) is 2.38. The number of hydrogen-bond acceptors (Lipinski definition) is 5. The Morgan fingerprint density at radius 2 is 1.92 bits per heavy atom. The van der Waals surface area contributed by atoms with Crippen molar-refractivity contribution in [3.05, 3.63) is 35.9 Å². The van der Waals surface area contributed by atoms with E-state index in [0.29, 0.717) is 16.9 Å². The van der Waals surface area contributed by atoms with E-state index in [1.54, 1.807) is 0 Å². The molecule has 1 rings (SSSR count). The summed E-state index contributed by atoms with van der Waals surface area (Å²) >= 11 is 2.81. The van der Waals surface area contributed by atoms with Crippen molar-refractivity contribution < 1.29 is 19.1 Å². The number of benzene rings is 1. The molecule has 0 aliphatic rings. The van der Waals surface area contributed by atoms with E-state index in [2.05, 4.69) is 31.1 Å². The van der Waals surface area contributed by atoms with Gasteiger partial charge in [0, 0.05) is 0 Å². The van der Waals surface area contributed by atoms with E-state index in [9.17, 15) is 9.59 Å². The second-order valence-corrected chi connectivity index (χ2v) is 6.50. The number of alkyl carbamates (subject to hydrolysis) is 1. The van der Waals surface area contributed by atoms with Gasteiger partial charge in [-0.3, -0.25) is 0 Å². The first-order valence-electron chi connectivity index (χ1n) is 7.67. The van der Waals surface area contributed by atoms with Gasteiger partial charge in [-0.2, -0.15) is 0 Å². The zero-order valence-electron chi connectivity index (χ0n) is 14.2. The first kappa shape index (κ1) is 20.2. The van der Waals surface area contributed by atoms with Gasteiger partial charge in [0.05, 0.1) is 0 Å². The number of esters is 1. The second kappa shape index (κ2) is 10.8. The molecule has 6 nitrogen and oxygen atoms in total. The molecule has 0 fully saturated rings. The molecule has 0 saturated heterocycles. The van der Waals surface area contributed by atoms with Gasteiger partial charge in [-0.1, -0.05) is 0 Å². The number of carbonyl (C=O) groups excluding carboxylic acids is 2. The maximum atomic E-state index is 12.0. The van der Waals surface area contributed by atoms with Crippen LogP contribution in [0.3, 0.4) is 0 Å². The first-order valence-corrected chi connectivity index (χ1v) is 8.53. The maximum absolute atomic E-state index is 12.0. The molecule has 1 atom stereocenters. The number of nitrogens with one attached hydrogen (secondary N) is 1. The van der Waals surface area contributed by atoms with Gasteiger partial charge < -0.3 is 0 Å². The summed E-state index contributed by atoms with van der Waals surface area (Å²) in [6, 6.07) is 9.11. The van der Waals surface area contributed by atoms with Crippen molar-refractivity contribution in [2.75, 3.05) is 13.7 Å². The van der Waals surface area contributed by atoms with Gasteiger partial charge in [-0.15, -0.1) is 0 Å². The number of aliphatic imine (C=N–C) groups is 1. The molecule has 1 radical (unpaired) electrons. The van der Waals surface area contributed by atoms with E-state index in [0.717, 1.165) is 5.56 Å². The molecular weight excluding hydrogens is 375 g/mol. The molecule has 0 saturated carbocycles. The number of ether oxygens (including phenoxy) is 2. The number of methoxy groups -OCH3 is 1. The molecule has 0 unspecified atom stereocenters. The molecule has 24 heavy (non-hydrogen) atoms. The predicted molar refractivity (Wildman–Crippen MR) is 93.1 cm³/mol. The molecule has 1 aromatic carbocycles. The Hall–Kier alpha value is -1.85. The summed E-state index contributed by atoms with van der Waals surface area (Å²) in [4.78, 5) is 27.3. The van der Waals surface area contributed by atoms with Gasteiger partial charge in [0.15, 0.2) is 0 Å². The van der Waals surface area contributed by atoms with Gasteiger partial charge in [0.2, 0.25) is 0 Å². The SMILES string of the molecule is COC(=O)CN=C([Se])[C@H](CC(C)C)NC(=O)OCc1ccccc1. The van der Waals surface area contributed by atoms with Crippen molar-refractivity contribution in [1.82, 2.24) is 5.32 Å². The van der Waals surface area contributed by atoms with Crippen LogP contribution in [0.15, 0.2) is 35.3 Å². The Labute approximate surface area is 150 Å². The van der Waals surface area contributed by atoms with Crippen molar-refractivity contribution in [3.8, 4) is 0 Å². The quantitative estimate of drug-likeness (QED) is 0.413. The van der Waals surface area contributed by atoms with E-state index in [1.165, 1.54) is 7.11 Å². The Morgan fingerprint density at radius 3 is 2.50 bits per heavy atom. The summed E-state index contributed by atoms with van der Waals surface area (Å²) in [5, 5.41) is 2.78. The van der Waals surface area contributed by atoms with Crippen LogP contribution >= 0.6 is 0 Å². The van der Waals surface area contributed by atoms with Crippen molar-refractivity contribution in [3.63, 3.8) is 0 Å². The fraction of sp³-hybridized carbons (Fsp3) is 0.471. The summed E-state index contributed by atoms with van der Waals surface area (Å²) in [6.45, 7) is 4.19. The predicted octanol–water partition coefficient (Wildman–Crippen LogP) is 2.07. The molecule has 0 bridgehead atoms. The summed E-state index contributed by atoms with van der Waals surface area (Å²) in [5.41, 5.74) is 0.913. The average molecular weight is 398 g/mol. The van der Waals surface area contributed by atoms with E-state index >= 15 is 0 Å². The molecule has 131 valence electrons. The van der Waals surface area contributed by atoms with E-state index < -0.39 is 12.1 Å². The van der Waals surface area contributed by atoms with Crippen molar-refractivity contribution in [2.45, 2.75) is 32.9 Å². The van der Waals surface area contributed by atoms with Gasteiger partial charge >= 0.3 is 150 Å². The molecule has 0 heterocycles. The molecule has 0 aromatic heterocycles. The average Bonchev–Trinajstić information content (AvgIpc) is 2.57. The van der Waals surface area contributed by atoms with Gasteiger partial charge in [-0.05, 0) is 0 Å². The second-order valence-electron chi connectivity index (χ2n) is 5.62. The molecule has 1 aromatic rings. The van der Waals surface area contributed by atoms with Crippen molar-refractivity contribution in [1.29, 1.82) is 0 Å². The molecule has 1 N–H and O–H groups in total. The van der Waals surface area contributed by atoms with Crippen molar-refractivity contribution in [2.24, 2.45) is 10.9 Å². The van der Waals surface area contributed by atoms with Gasteiger partial charge in [0.25, 0.3) is 0 Å². The zero-order chi connectivity index (χ0) is 17.9. The topological polar surface area (TPSA) is 77.0 Å². The van der Waals surface area contributed by atoms with E-state index in [1.807, 2.05) is 44.2 Å².